The van der Waals surface area contributed by atoms with Gasteiger partial charge in [0.05, 0.1) is 4.92 Å². The first-order chi connectivity index (χ1) is 10.8. The third kappa shape index (κ3) is 4.82. The van der Waals surface area contributed by atoms with Gasteiger partial charge in [-0.3, -0.25) is 15.0 Å². The maximum absolute atomic E-state index is 11.5. The summed E-state index contributed by atoms with van der Waals surface area (Å²) >= 11 is 0. The summed E-state index contributed by atoms with van der Waals surface area (Å²) < 4.78 is 0. The molecule has 1 aliphatic heterocycles. The van der Waals surface area contributed by atoms with Crippen LogP contribution in [0.3, 0.4) is 0 Å². The second-order valence-corrected chi connectivity index (χ2v) is 6.44. The van der Waals surface area contributed by atoms with E-state index < -0.39 is 0 Å². The molecule has 0 unspecified atom stereocenters. The standard InChI is InChI=1S/C17H25N3O2.2ClH/c21-20(22)16-9-5-4-8-15(16)17(14-6-2-1-3-7-14)19-12-10-18-11-13-19;;/h4-5,8-9,14,17-18H,1-3,6-7,10-13H2;2*1H/t17-;;/m0../s1. The Morgan fingerprint density at radius 1 is 1.08 bits per heavy atom. The highest BCUT2D eigenvalue weighted by Crippen LogP contribution is 2.41. The van der Waals surface area contributed by atoms with E-state index in [1.807, 2.05) is 12.1 Å². The van der Waals surface area contributed by atoms with Gasteiger partial charge >= 0.3 is 0 Å². The van der Waals surface area contributed by atoms with E-state index in [0.717, 1.165) is 31.7 Å². The average molecular weight is 376 g/mol. The molecule has 7 heteroatoms. The van der Waals surface area contributed by atoms with Gasteiger partial charge in [-0.05, 0) is 18.8 Å². The molecule has 1 N–H and O–H groups in total. The minimum atomic E-state index is -0.215. The van der Waals surface area contributed by atoms with Crippen LogP contribution in [-0.2, 0) is 0 Å². The molecule has 1 aliphatic carbocycles. The first kappa shape index (κ1) is 21.2. The number of hydrogen-bond donors (Lipinski definition) is 1. The van der Waals surface area contributed by atoms with E-state index in [4.69, 9.17) is 0 Å². The van der Waals surface area contributed by atoms with Crippen LogP contribution < -0.4 is 5.32 Å². The fourth-order valence-corrected chi connectivity index (χ4v) is 4.06. The minimum absolute atomic E-state index is 0. The number of para-hydroxylation sites is 1. The molecule has 0 aromatic heterocycles. The molecule has 0 spiro atoms. The van der Waals surface area contributed by atoms with Crippen LogP contribution in [0.4, 0.5) is 5.69 Å². The fraction of sp³-hybridized carbons (Fsp3) is 0.647. The van der Waals surface area contributed by atoms with E-state index in [-0.39, 0.29) is 41.5 Å². The first-order valence-electron chi connectivity index (χ1n) is 8.45. The first-order valence-corrected chi connectivity index (χ1v) is 8.45. The summed E-state index contributed by atoms with van der Waals surface area (Å²) in [5.41, 5.74) is 1.21. The number of benzene rings is 1. The smallest absolute Gasteiger partial charge is 0.274 e. The summed E-state index contributed by atoms with van der Waals surface area (Å²) in [7, 11) is 0. The van der Waals surface area contributed by atoms with Crippen LogP contribution in [0.15, 0.2) is 24.3 Å². The van der Waals surface area contributed by atoms with Crippen LogP contribution in [0.2, 0.25) is 0 Å². The average Bonchev–Trinajstić information content (AvgIpc) is 2.57. The molecule has 24 heavy (non-hydrogen) atoms. The molecule has 1 heterocycles. The van der Waals surface area contributed by atoms with Crippen molar-refractivity contribution in [2.45, 2.75) is 38.1 Å². The molecule has 0 radical (unpaired) electrons. The molecule has 0 amide bonds. The zero-order valence-electron chi connectivity index (χ0n) is 13.9. The number of nitro benzene ring substituents is 1. The van der Waals surface area contributed by atoms with Crippen LogP contribution in [0, 0.1) is 16.0 Å². The summed E-state index contributed by atoms with van der Waals surface area (Å²) in [6.45, 7) is 3.91. The summed E-state index contributed by atoms with van der Waals surface area (Å²) in [5, 5.41) is 14.9. The van der Waals surface area contributed by atoms with Crippen molar-refractivity contribution < 1.29 is 4.92 Å². The summed E-state index contributed by atoms with van der Waals surface area (Å²) in [6.07, 6.45) is 6.21. The molecule has 136 valence electrons. The summed E-state index contributed by atoms with van der Waals surface area (Å²) in [6, 6.07) is 7.55. The van der Waals surface area contributed by atoms with Crippen LogP contribution in [0.1, 0.15) is 43.7 Å². The molecule has 3 rings (SSSR count). The van der Waals surface area contributed by atoms with E-state index >= 15 is 0 Å². The molecular formula is C17H27Cl2N3O2. The van der Waals surface area contributed by atoms with E-state index in [9.17, 15) is 10.1 Å². The number of nitrogens with one attached hydrogen (secondary N) is 1. The Labute approximate surface area is 156 Å². The largest absolute Gasteiger partial charge is 0.314 e. The Balaban J connectivity index is 0.00000144. The summed E-state index contributed by atoms with van der Waals surface area (Å²) in [5.74, 6) is 0.549. The molecule has 2 aliphatic rings. The molecule has 2 fully saturated rings. The third-order valence-electron chi connectivity index (χ3n) is 5.09. The highest BCUT2D eigenvalue weighted by molar-refractivity contribution is 5.85. The fourth-order valence-electron chi connectivity index (χ4n) is 4.06. The van der Waals surface area contributed by atoms with Crippen molar-refractivity contribution in [3.05, 3.63) is 39.9 Å². The number of halogens is 2. The Morgan fingerprint density at radius 2 is 1.71 bits per heavy atom. The lowest BCUT2D eigenvalue weighted by molar-refractivity contribution is -0.386. The third-order valence-corrected chi connectivity index (χ3v) is 5.09. The zero-order valence-corrected chi connectivity index (χ0v) is 15.5. The Bertz CT molecular complexity index is 500. The highest BCUT2D eigenvalue weighted by atomic mass is 35.5. The molecular weight excluding hydrogens is 349 g/mol. The van der Waals surface area contributed by atoms with Crippen molar-refractivity contribution in [2.75, 3.05) is 26.2 Å². The van der Waals surface area contributed by atoms with Crippen molar-refractivity contribution >= 4 is 30.5 Å². The van der Waals surface area contributed by atoms with E-state index in [1.165, 1.54) is 32.1 Å². The van der Waals surface area contributed by atoms with Gasteiger partial charge in [0.2, 0.25) is 0 Å². The predicted molar refractivity (Wildman–Crippen MR) is 101 cm³/mol. The second kappa shape index (κ2) is 10.2. The molecule has 0 bridgehead atoms. The zero-order chi connectivity index (χ0) is 15.4. The van der Waals surface area contributed by atoms with Gasteiger partial charge in [0.25, 0.3) is 5.69 Å². The number of rotatable bonds is 4. The molecule has 1 saturated heterocycles. The van der Waals surface area contributed by atoms with Crippen LogP contribution in [0.25, 0.3) is 0 Å². The van der Waals surface area contributed by atoms with E-state index in [2.05, 4.69) is 10.2 Å². The maximum atomic E-state index is 11.5. The summed E-state index contributed by atoms with van der Waals surface area (Å²) in [4.78, 5) is 13.7. The van der Waals surface area contributed by atoms with Crippen molar-refractivity contribution in [1.82, 2.24) is 10.2 Å². The van der Waals surface area contributed by atoms with E-state index in [1.54, 1.807) is 12.1 Å². The topological polar surface area (TPSA) is 58.4 Å². The molecule has 1 aromatic rings. The maximum Gasteiger partial charge on any atom is 0.274 e. The van der Waals surface area contributed by atoms with Crippen molar-refractivity contribution in [3.8, 4) is 0 Å². The van der Waals surface area contributed by atoms with Gasteiger partial charge in [0, 0.05) is 43.9 Å². The lowest BCUT2D eigenvalue weighted by Crippen LogP contribution is -2.47. The normalized spacial score (nSPS) is 20.5. The van der Waals surface area contributed by atoms with Gasteiger partial charge in [-0.1, -0.05) is 37.5 Å². The molecule has 1 atom stereocenters. The van der Waals surface area contributed by atoms with Crippen molar-refractivity contribution in [2.24, 2.45) is 5.92 Å². The Hall–Kier alpha value is -0.880. The van der Waals surface area contributed by atoms with Gasteiger partial charge in [-0.2, -0.15) is 0 Å². The lowest BCUT2D eigenvalue weighted by Gasteiger charge is -2.40. The van der Waals surface area contributed by atoms with Gasteiger partial charge in [-0.15, -0.1) is 24.8 Å². The quantitative estimate of drug-likeness (QED) is 0.638. The number of hydrogen-bond acceptors (Lipinski definition) is 4. The molecule has 1 saturated carbocycles. The number of piperazine rings is 1. The Morgan fingerprint density at radius 3 is 2.33 bits per heavy atom. The monoisotopic (exact) mass is 375 g/mol. The van der Waals surface area contributed by atoms with Gasteiger partial charge in [-0.25, -0.2) is 0 Å². The SMILES string of the molecule is Cl.Cl.O=[N+]([O-])c1ccccc1[C@H](C1CCCCC1)N1CCNCC1. The van der Waals surface area contributed by atoms with Gasteiger partial charge in [0.15, 0.2) is 0 Å². The second-order valence-electron chi connectivity index (χ2n) is 6.44. The van der Waals surface area contributed by atoms with Crippen LogP contribution >= 0.6 is 24.8 Å². The molecule has 5 nitrogen and oxygen atoms in total. The highest BCUT2D eigenvalue weighted by Gasteiger charge is 2.34. The lowest BCUT2D eigenvalue weighted by atomic mass is 9.79. The van der Waals surface area contributed by atoms with Gasteiger partial charge in [0.1, 0.15) is 0 Å². The predicted octanol–water partition coefficient (Wildman–Crippen LogP) is 3.97. The van der Waals surface area contributed by atoms with Crippen LogP contribution in [0.5, 0.6) is 0 Å². The van der Waals surface area contributed by atoms with Crippen molar-refractivity contribution in [1.29, 1.82) is 0 Å². The Kier molecular flexibility index (Phi) is 8.98. The molecule has 1 aromatic carbocycles. The van der Waals surface area contributed by atoms with E-state index in [0.29, 0.717) is 5.92 Å². The van der Waals surface area contributed by atoms with Crippen molar-refractivity contribution in [3.63, 3.8) is 0 Å². The number of nitro groups is 1. The van der Waals surface area contributed by atoms with Gasteiger partial charge < -0.3 is 5.32 Å². The number of nitrogens with zero attached hydrogens (tertiary/aromatic N) is 2. The van der Waals surface area contributed by atoms with Crippen LogP contribution in [-0.4, -0.2) is 36.0 Å². The minimum Gasteiger partial charge on any atom is -0.314 e.